The summed E-state index contributed by atoms with van der Waals surface area (Å²) in [6.07, 6.45) is -0.303. The van der Waals surface area contributed by atoms with Crippen LogP contribution in [0.2, 0.25) is 0 Å². The summed E-state index contributed by atoms with van der Waals surface area (Å²) < 4.78 is 31.6. The molecule has 0 aromatic heterocycles. The highest BCUT2D eigenvalue weighted by molar-refractivity contribution is 7.91. The van der Waals surface area contributed by atoms with Crippen molar-refractivity contribution in [3.05, 3.63) is 119 Å². The average molecular weight is 515 g/mol. The van der Waals surface area contributed by atoms with Crippen molar-refractivity contribution in [2.24, 2.45) is 0 Å². The van der Waals surface area contributed by atoms with Crippen LogP contribution in [0.4, 0.5) is 5.69 Å². The van der Waals surface area contributed by atoms with Gasteiger partial charge >= 0.3 is 0 Å². The number of fused-ring (bicyclic) bond motifs is 2. The molecule has 1 amide bonds. The fraction of sp³-hybridized carbons (Fsp3) is 0.138. The highest BCUT2D eigenvalue weighted by Crippen LogP contribution is 2.35. The van der Waals surface area contributed by atoms with E-state index in [9.17, 15) is 18.3 Å². The number of carbonyl (C=O) groups is 1. The third-order valence-electron chi connectivity index (χ3n) is 6.34. The van der Waals surface area contributed by atoms with Gasteiger partial charge < -0.3 is 15.2 Å². The summed E-state index contributed by atoms with van der Waals surface area (Å²) in [5.74, 6) is 0.307. The summed E-state index contributed by atoms with van der Waals surface area (Å²) >= 11 is 0. The lowest BCUT2D eigenvalue weighted by atomic mass is 10.0. The Balaban J connectivity index is 1.30. The van der Waals surface area contributed by atoms with E-state index in [0.29, 0.717) is 12.1 Å². The number of benzene rings is 4. The van der Waals surface area contributed by atoms with Crippen molar-refractivity contribution in [2.75, 3.05) is 12.4 Å². The fourth-order valence-corrected chi connectivity index (χ4v) is 6.00. The van der Waals surface area contributed by atoms with E-state index in [2.05, 4.69) is 22.8 Å². The Kier molecular flexibility index (Phi) is 6.80. The molecule has 1 aliphatic rings. The Bertz CT molecular complexity index is 1570. The normalized spacial score (nSPS) is 14.6. The number of amides is 1. The third kappa shape index (κ3) is 5.13. The van der Waals surface area contributed by atoms with Crippen molar-refractivity contribution in [3.63, 3.8) is 0 Å². The molecule has 3 N–H and O–H groups in total. The lowest BCUT2D eigenvalue weighted by molar-refractivity contribution is 0.102. The van der Waals surface area contributed by atoms with Crippen LogP contribution < -0.4 is 15.4 Å². The molecule has 1 heterocycles. The zero-order valence-electron chi connectivity index (χ0n) is 20.1. The van der Waals surface area contributed by atoms with E-state index in [0.717, 1.165) is 28.9 Å². The molecule has 37 heavy (non-hydrogen) atoms. The molecule has 5 rings (SSSR count). The zero-order chi connectivity index (χ0) is 26.0. The van der Waals surface area contributed by atoms with E-state index < -0.39 is 22.0 Å². The minimum absolute atomic E-state index is 0.00650. The zero-order valence-corrected chi connectivity index (χ0v) is 21.0. The maximum absolute atomic E-state index is 13.2. The lowest BCUT2D eigenvalue weighted by Gasteiger charge is -2.16. The Morgan fingerprint density at radius 3 is 2.41 bits per heavy atom. The summed E-state index contributed by atoms with van der Waals surface area (Å²) in [6.45, 7) is 0.394. The van der Waals surface area contributed by atoms with Gasteiger partial charge in [-0.05, 0) is 65.1 Å². The van der Waals surface area contributed by atoms with Crippen LogP contribution in [-0.4, -0.2) is 26.5 Å². The van der Waals surface area contributed by atoms with Crippen molar-refractivity contribution in [1.29, 1.82) is 0 Å². The number of methoxy groups -OCH3 is 1. The summed E-state index contributed by atoms with van der Waals surface area (Å²) in [5, 5.41) is 16.5. The highest BCUT2D eigenvalue weighted by Gasteiger charge is 2.31. The molecular weight excluding hydrogens is 488 g/mol. The van der Waals surface area contributed by atoms with E-state index in [1.807, 2.05) is 36.4 Å². The first-order chi connectivity index (χ1) is 17.8. The van der Waals surface area contributed by atoms with Crippen molar-refractivity contribution in [3.8, 4) is 5.75 Å². The number of sulfone groups is 1. The van der Waals surface area contributed by atoms with E-state index in [1.54, 1.807) is 25.3 Å². The molecule has 0 saturated carbocycles. The number of aliphatic hydroxyl groups is 1. The molecule has 1 aliphatic heterocycles. The Labute approximate surface area is 215 Å². The lowest BCUT2D eigenvalue weighted by Crippen LogP contribution is -2.21. The minimum Gasteiger partial charge on any atom is -0.497 e. The molecule has 0 radical (unpaired) electrons. The van der Waals surface area contributed by atoms with Crippen molar-refractivity contribution < 1.29 is 23.1 Å². The van der Waals surface area contributed by atoms with Crippen LogP contribution in [0.25, 0.3) is 0 Å². The van der Waals surface area contributed by atoms with E-state index in [-0.39, 0.29) is 21.0 Å². The first kappa shape index (κ1) is 24.7. The molecule has 0 aliphatic carbocycles. The Morgan fingerprint density at radius 2 is 1.62 bits per heavy atom. The number of carbonyl (C=O) groups excluding carboxylic acids is 1. The van der Waals surface area contributed by atoms with Gasteiger partial charge in [-0.3, -0.25) is 10.1 Å². The fourth-order valence-electron chi connectivity index (χ4n) is 4.41. The quantitative estimate of drug-likeness (QED) is 0.315. The molecular formula is C29H26N2O5S. The number of hydrogen-bond acceptors (Lipinski definition) is 6. The molecule has 0 saturated heterocycles. The highest BCUT2D eigenvalue weighted by atomic mass is 32.2. The third-order valence-corrected chi connectivity index (χ3v) is 8.21. The second-order valence-corrected chi connectivity index (χ2v) is 10.7. The first-order valence-electron chi connectivity index (χ1n) is 11.8. The van der Waals surface area contributed by atoms with Gasteiger partial charge in [0.05, 0.1) is 28.2 Å². The van der Waals surface area contributed by atoms with E-state index in [4.69, 9.17) is 4.74 Å². The van der Waals surface area contributed by atoms with Gasteiger partial charge in [0.15, 0.2) is 0 Å². The monoisotopic (exact) mass is 514 g/mol. The summed E-state index contributed by atoms with van der Waals surface area (Å²) in [4.78, 5) is 12.6. The van der Waals surface area contributed by atoms with Crippen LogP contribution in [0.3, 0.4) is 0 Å². The van der Waals surface area contributed by atoms with Gasteiger partial charge in [0.1, 0.15) is 12.0 Å². The Morgan fingerprint density at radius 1 is 0.865 bits per heavy atom. The average Bonchev–Trinajstić information content (AvgIpc) is 3.00. The van der Waals surface area contributed by atoms with Crippen LogP contribution in [-0.2, 0) is 22.8 Å². The van der Waals surface area contributed by atoms with E-state index >= 15 is 0 Å². The molecule has 4 aromatic carbocycles. The van der Waals surface area contributed by atoms with Crippen molar-refractivity contribution in [1.82, 2.24) is 5.32 Å². The standard InChI is InChI=1S/C29H26N2O5S/c1-36-23-12-9-19(10-13-23)15-20-5-4-6-21(16-20)18-30-28(32)22-11-14-27-25(17-22)31-29(33)24-7-2-3-8-26(24)37(27,34)35/h2-14,16-17,28,30,32H,15,18H2,1H3,(H,31,33). The van der Waals surface area contributed by atoms with Crippen molar-refractivity contribution >= 4 is 21.4 Å². The predicted molar refractivity (Wildman–Crippen MR) is 140 cm³/mol. The molecule has 188 valence electrons. The minimum atomic E-state index is -3.90. The van der Waals surface area contributed by atoms with Gasteiger partial charge in [0, 0.05) is 6.54 Å². The van der Waals surface area contributed by atoms with Crippen LogP contribution in [0.15, 0.2) is 101 Å². The number of anilines is 1. The predicted octanol–water partition coefficient (Wildman–Crippen LogP) is 4.47. The van der Waals surface area contributed by atoms with Gasteiger partial charge in [-0.15, -0.1) is 0 Å². The number of nitrogens with one attached hydrogen (secondary N) is 2. The number of ether oxygens (including phenoxy) is 1. The van der Waals surface area contributed by atoms with Crippen molar-refractivity contribution in [2.45, 2.75) is 29.0 Å². The maximum atomic E-state index is 13.2. The smallest absolute Gasteiger partial charge is 0.257 e. The molecule has 0 bridgehead atoms. The molecule has 0 fully saturated rings. The molecule has 1 unspecified atom stereocenters. The van der Waals surface area contributed by atoms with E-state index in [1.165, 1.54) is 24.3 Å². The molecule has 8 heteroatoms. The van der Waals surface area contributed by atoms with Crippen LogP contribution in [0.1, 0.15) is 38.8 Å². The Hall–Kier alpha value is -3.98. The SMILES string of the molecule is COc1ccc(Cc2cccc(CNC(O)c3ccc4c(c3)NC(=O)c3ccccc3S4(=O)=O)c2)cc1. The number of rotatable bonds is 7. The van der Waals surface area contributed by atoms with Gasteiger partial charge in [0.2, 0.25) is 9.84 Å². The summed E-state index contributed by atoms with van der Waals surface area (Å²) in [5.41, 5.74) is 3.96. The molecule has 7 nitrogen and oxygen atoms in total. The number of aliphatic hydroxyl groups excluding tert-OH is 1. The second kappa shape index (κ2) is 10.2. The molecule has 1 atom stereocenters. The molecule has 0 spiro atoms. The van der Waals surface area contributed by atoms with Crippen LogP contribution >= 0.6 is 0 Å². The largest absolute Gasteiger partial charge is 0.497 e. The van der Waals surface area contributed by atoms with Gasteiger partial charge in [-0.2, -0.15) is 0 Å². The number of hydrogen-bond donors (Lipinski definition) is 3. The van der Waals surface area contributed by atoms with Gasteiger partial charge in [-0.1, -0.05) is 54.6 Å². The first-order valence-corrected chi connectivity index (χ1v) is 13.2. The van der Waals surface area contributed by atoms with Gasteiger partial charge in [0.25, 0.3) is 5.91 Å². The second-order valence-electron chi connectivity index (χ2n) is 8.84. The molecule has 4 aromatic rings. The summed E-state index contributed by atoms with van der Waals surface area (Å²) in [7, 11) is -2.25. The summed E-state index contributed by atoms with van der Waals surface area (Å²) in [6, 6.07) is 26.6. The topological polar surface area (TPSA) is 105 Å². The maximum Gasteiger partial charge on any atom is 0.257 e. The van der Waals surface area contributed by atoms with Crippen LogP contribution in [0, 0.1) is 0 Å². The van der Waals surface area contributed by atoms with Crippen LogP contribution in [0.5, 0.6) is 5.75 Å². The van der Waals surface area contributed by atoms with Gasteiger partial charge in [-0.25, -0.2) is 8.42 Å².